The minimum Gasteiger partial charge on any atom is -0.494 e. The normalized spacial score (nSPS) is 10.8. The summed E-state index contributed by atoms with van der Waals surface area (Å²) in [5, 5.41) is 25.4. The molecule has 0 radical (unpaired) electrons. The number of hydrogen-bond acceptors (Lipinski definition) is 7. The van der Waals surface area contributed by atoms with Gasteiger partial charge in [0.05, 0.1) is 23.8 Å². The summed E-state index contributed by atoms with van der Waals surface area (Å²) >= 11 is 0. The number of non-ortho nitro benzene ring substituents is 1. The number of nitrogens with one attached hydrogen (secondary N) is 2. The number of nitrogens with zero attached hydrogens (tertiary/aromatic N) is 2. The number of methoxy groups -OCH3 is 1. The predicted molar refractivity (Wildman–Crippen MR) is 100 cm³/mol. The summed E-state index contributed by atoms with van der Waals surface area (Å²) < 4.78 is 10.5. The summed E-state index contributed by atoms with van der Waals surface area (Å²) in [5.74, 6) is -0.290. The zero-order valence-electron chi connectivity index (χ0n) is 15.5. The summed E-state index contributed by atoms with van der Waals surface area (Å²) in [6.07, 6.45) is 3.96. The van der Waals surface area contributed by atoms with Crippen molar-refractivity contribution < 1.29 is 19.2 Å². The average molecular weight is 376 g/mol. The summed E-state index contributed by atoms with van der Waals surface area (Å²) in [4.78, 5) is 22.3. The first-order chi connectivity index (χ1) is 13.0. The molecule has 0 bridgehead atoms. The lowest BCUT2D eigenvalue weighted by Crippen LogP contribution is -2.26. The Morgan fingerprint density at radius 2 is 2.11 bits per heavy atom. The number of unbranched alkanes of at least 4 members (excludes halogenated alkanes) is 1. The predicted octanol–water partition coefficient (Wildman–Crippen LogP) is 2.75. The largest absolute Gasteiger partial charge is 0.494 e. The number of nitro benzene ring substituents is 1. The van der Waals surface area contributed by atoms with E-state index in [0.29, 0.717) is 31.9 Å². The van der Waals surface area contributed by atoms with Gasteiger partial charge in [0.1, 0.15) is 17.4 Å². The van der Waals surface area contributed by atoms with Gasteiger partial charge >= 0.3 is 0 Å². The molecular weight excluding hydrogens is 352 g/mol. The molecule has 0 saturated heterocycles. The number of amides is 1. The highest BCUT2D eigenvalue weighted by Gasteiger charge is 2.12. The van der Waals surface area contributed by atoms with E-state index in [0.717, 1.165) is 12.8 Å². The molecule has 1 amide bonds. The number of hydrogen-bond donors (Lipinski definition) is 2. The van der Waals surface area contributed by atoms with Crippen molar-refractivity contribution in [2.24, 2.45) is 0 Å². The monoisotopic (exact) mass is 376 g/mol. The number of rotatable bonds is 12. The molecule has 0 unspecified atom stereocenters. The second-order valence-corrected chi connectivity index (χ2v) is 5.53. The molecule has 0 aromatic heterocycles. The molecule has 0 fully saturated rings. The Morgan fingerprint density at radius 1 is 1.37 bits per heavy atom. The summed E-state index contributed by atoms with van der Waals surface area (Å²) in [5.41, 5.74) is 0.149. The Bertz CT molecular complexity index is 712. The van der Waals surface area contributed by atoms with E-state index in [1.807, 2.05) is 6.07 Å². The molecule has 0 spiro atoms. The van der Waals surface area contributed by atoms with Crippen molar-refractivity contribution in [3.8, 4) is 11.8 Å². The van der Waals surface area contributed by atoms with Gasteiger partial charge in [-0.1, -0.05) is 13.3 Å². The topological polar surface area (TPSA) is 127 Å². The fraction of sp³-hybridized carbons (Fsp3) is 0.444. The Labute approximate surface area is 158 Å². The molecule has 9 nitrogen and oxygen atoms in total. The molecular formula is C18H24N4O5. The Balaban J connectivity index is 2.58. The number of carbonyl (C=O) groups excluding carboxylic acids is 1. The van der Waals surface area contributed by atoms with E-state index in [9.17, 15) is 14.9 Å². The zero-order valence-corrected chi connectivity index (χ0v) is 15.5. The van der Waals surface area contributed by atoms with Crippen molar-refractivity contribution in [2.45, 2.75) is 26.2 Å². The summed E-state index contributed by atoms with van der Waals surface area (Å²) in [6, 6.07) is 5.80. The van der Waals surface area contributed by atoms with Crippen LogP contribution in [0.15, 0.2) is 30.0 Å². The lowest BCUT2D eigenvalue weighted by atomic mass is 10.2. The molecule has 2 N–H and O–H groups in total. The van der Waals surface area contributed by atoms with Crippen LogP contribution in [0, 0.1) is 21.4 Å². The number of anilines is 1. The Kier molecular flexibility index (Phi) is 9.96. The minimum atomic E-state index is -0.539. The van der Waals surface area contributed by atoms with Gasteiger partial charge in [0.15, 0.2) is 0 Å². The number of ether oxygens (including phenoxy) is 2. The van der Waals surface area contributed by atoms with E-state index >= 15 is 0 Å². The maximum Gasteiger partial charge on any atom is 0.273 e. The Morgan fingerprint density at radius 3 is 2.74 bits per heavy atom. The first kappa shape index (κ1) is 21.9. The fourth-order valence-electron chi connectivity index (χ4n) is 2.03. The maximum atomic E-state index is 12.0. The van der Waals surface area contributed by atoms with Crippen molar-refractivity contribution in [2.75, 3.05) is 32.2 Å². The lowest BCUT2D eigenvalue weighted by Gasteiger charge is -2.09. The maximum absolute atomic E-state index is 12.0. The Hall–Kier alpha value is -3.12. The van der Waals surface area contributed by atoms with Gasteiger partial charge in [-0.15, -0.1) is 0 Å². The van der Waals surface area contributed by atoms with Gasteiger partial charge in [0, 0.05) is 32.0 Å². The first-order valence-corrected chi connectivity index (χ1v) is 8.58. The first-order valence-electron chi connectivity index (χ1n) is 8.58. The van der Waals surface area contributed by atoms with Crippen molar-refractivity contribution in [3.63, 3.8) is 0 Å². The third-order valence-electron chi connectivity index (χ3n) is 3.53. The van der Waals surface area contributed by atoms with Gasteiger partial charge in [0.25, 0.3) is 11.6 Å². The number of nitriles is 1. The SMILES string of the molecule is CCCCOCCCNC(=O)/C(C#N)=C\Nc1ccc([N+](=O)[O-])cc1OC. The van der Waals surface area contributed by atoms with E-state index in [1.165, 1.54) is 31.5 Å². The molecule has 0 atom stereocenters. The van der Waals surface area contributed by atoms with E-state index in [-0.39, 0.29) is 17.0 Å². The van der Waals surface area contributed by atoms with Crippen LogP contribution in [0.2, 0.25) is 0 Å². The number of benzene rings is 1. The van der Waals surface area contributed by atoms with Crippen LogP contribution in [-0.2, 0) is 9.53 Å². The van der Waals surface area contributed by atoms with Crippen LogP contribution >= 0.6 is 0 Å². The van der Waals surface area contributed by atoms with Crippen molar-refractivity contribution in [1.82, 2.24) is 5.32 Å². The molecule has 0 heterocycles. The van der Waals surface area contributed by atoms with E-state index in [4.69, 9.17) is 14.7 Å². The molecule has 0 aliphatic heterocycles. The van der Waals surface area contributed by atoms with Gasteiger partial charge < -0.3 is 20.1 Å². The smallest absolute Gasteiger partial charge is 0.273 e. The van der Waals surface area contributed by atoms with E-state index in [1.54, 1.807) is 0 Å². The molecule has 0 aliphatic rings. The molecule has 146 valence electrons. The van der Waals surface area contributed by atoms with Gasteiger partial charge in [-0.25, -0.2) is 0 Å². The highest BCUT2D eigenvalue weighted by Crippen LogP contribution is 2.29. The van der Waals surface area contributed by atoms with Gasteiger partial charge in [-0.3, -0.25) is 14.9 Å². The van der Waals surface area contributed by atoms with Gasteiger partial charge in [-0.2, -0.15) is 5.26 Å². The average Bonchev–Trinajstić information content (AvgIpc) is 2.67. The van der Waals surface area contributed by atoms with Gasteiger partial charge in [0.2, 0.25) is 0 Å². The van der Waals surface area contributed by atoms with Crippen molar-refractivity contribution >= 4 is 17.3 Å². The van der Waals surface area contributed by atoms with Crippen LogP contribution < -0.4 is 15.4 Å². The molecule has 1 aromatic carbocycles. The fourth-order valence-corrected chi connectivity index (χ4v) is 2.03. The molecule has 0 saturated carbocycles. The second kappa shape index (κ2) is 12.3. The van der Waals surface area contributed by atoms with Crippen LogP contribution in [0.1, 0.15) is 26.2 Å². The number of nitro groups is 1. The van der Waals surface area contributed by atoms with Gasteiger partial charge in [-0.05, 0) is 18.9 Å². The quantitative estimate of drug-likeness (QED) is 0.189. The molecule has 1 rings (SSSR count). The van der Waals surface area contributed by atoms with E-state index in [2.05, 4.69) is 17.6 Å². The summed E-state index contributed by atoms with van der Waals surface area (Å²) in [6.45, 7) is 3.73. The lowest BCUT2D eigenvalue weighted by molar-refractivity contribution is -0.384. The highest BCUT2D eigenvalue weighted by atomic mass is 16.6. The number of carbonyl (C=O) groups is 1. The molecule has 0 aliphatic carbocycles. The summed E-state index contributed by atoms with van der Waals surface area (Å²) in [7, 11) is 1.37. The second-order valence-electron chi connectivity index (χ2n) is 5.53. The van der Waals surface area contributed by atoms with Crippen LogP contribution in [0.3, 0.4) is 0 Å². The highest BCUT2D eigenvalue weighted by molar-refractivity contribution is 5.97. The van der Waals surface area contributed by atoms with E-state index < -0.39 is 10.8 Å². The third kappa shape index (κ3) is 7.75. The van der Waals surface area contributed by atoms with Crippen LogP contribution in [0.25, 0.3) is 0 Å². The third-order valence-corrected chi connectivity index (χ3v) is 3.53. The minimum absolute atomic E-state index is 0.123. The molecule has 1 aromatic rings. The zero-order chi connectivity index (χ0) is 20.1. The van der Waals surface area contributed by atoms with Crippen molar-refractivity contribution in [1.29, 1.82) is 5.26 Å². The van der Waals surface area contributed by atoms with Crippen molar-refractivity contribution in [3.05, 3.63) is 40.1 Å². The van der Waals surface area contributed by atoms with Crippen LogP contribution in [0.4, 0.5) is 11.4 Å². The molecule has 9 heteroatoms. The van der Waals surface area contributed by atoms with Crippen LogP contribution in [0.5, 0.6) is 5.75 Å². The molecule has 27 heavy (non-hydrogen) atoms. The van der Waals surface area contributed by atoms with Crippen LogP contribution in [-0.4, -0.2) is 37.7 Å². The standard InChI is InChI=1S/C18H24N4O5/c1-3-4-9-27-10-5-8-20-18(23)14(12-19)13-21-16-7-6-15(22(24)25)11-17(16)26-2/h6-7,11,13,21H,3-5,8-10H2,1-2H3,(H,20,23)/b14-13-.